The molecule has 1 aliphatic carbocycles. The molecule has 0 saturated heterocycles. The number of nitrogens with zero attached hydrogens (tertiary/aromatic N) is 1. The SMILES string of the molecule is BrCCN(CCBr)C1=CC=C=C=C1. The molecule has 0 aromatic rings. The van der Waals surface area contributed by atoms with Gasteiger partial charge in [0.25, 0.3) is 0 Å². The van der Waals surface area contributed by atoms with Crippen molar-refractivity contribution < 1.29 is 0 Å². The third-order valence-corrected chi connectivity index (χ3v) is 2.42. The molecule has 3 heteroatoms. The van der Waals surface area contributed by atoms with Gasteiger partial charge < -0.3 is 4.90 Å². The van der Waals surface area contributed by atoms with Gasteiger partial charge in [-0.2, -0.15) is 0 Å². The van der Waals surface area contributed by atoms with E-state index < -0.39 is 0 Å². The van der Waals surface area contributed by atoms with Crippen molar-refractivity contribution in [2.75, 3.05) is 23.7 Å². The molecular weight excluding hydrogens is 294 g/mol. The molecule has 1 nitrogen and oxygen atoms in total. The monoisotopic (exact) mass is 303 g/mol. The average molecular weight is 305 g/mol. The Hall–Kier alpha value is -0.200. The van der Waals surface area contributed by atoms with E-state index in [1.807, 2.05) is 12.2 Å². The fourth-order valence-corrected chi connectivity index (χ4v) is 1.97. The van der Waals surface area contributed by atoms with E-state index >= 15 is 0 Å². The van der Waals surface area contributed by atoms with Gasteiger partial charge in [-0.1, -0.05) is 43.3 Å². The molecule has 0 heterocycles. The van der Waals surface area contributed by atoms with Crippen LogP contribution in [0.25, 0.3) is 0 Å². The maximum atomic E-state index is 3.44. The van der Waals surface area contributed by atoms with E-state index in [2.05, 4.69) is 54.3 Å². The molecule has 70 valence electrons. The molecule has 0 aromatic heterocycles. The number of rotatable bonds is 5. The second kappa shape index (κ2) is 6.28. The van der Waals surface area contributed by atoms with Gasteiger partial charge in [-0.15, -0.1) is 0 Å². The fraction of sp³-hybridized carbons (Fsp3) is 0.400. The van der Waals surface area contributed by atoms with Crippen molar-refractivity contribution in [1.29, 1.82) is 0 Å². The molecule has 0 saturated carbocycles. The first-order valence-corrected chi connectivity index (χ1v) is 6.37. The van der Waals surface area contributed by atoms with Gasteiger partial charge in [0.2, 0.25) is 0 Å². The molecule has 0 fully saturated rings. The van der Waals surface area contributed by atoms with E-state index in [0.717, 1.165) is 23.7 Å². The van der Waals surface area contributed by atoms with E-state index in [-0.39, 0.29) is 0 Å². The highest BCUT2D eigenvalue weighted by molar-refractivity contribution is 9.09. The lowest BCUT2D eigenvalue weighted by atomic mass is 10.3. The molecule has 0 radical (unpaired) electrons. The van der Waals surface area contributed by atoms with E-state index in [4.69, 9.17) is 0 Å². The number of hydrogen-bond acceptors (Lipinski definition) is 1. The van der Waals surface area contributed by atoms with Crippen molar-refractivity contribution in [3.05, 3.63) is 35.4 Å². The Balaban J connectivity index is 2.60. The largest absolute Gasteiger partial charge is 0.369 e. The summed E-state index contributed by atoms with van der Waals surface area (Å²) in [7, 11) is 0. The van der Waals surface area contributed by atoms with Gasteiger partial charge in [0, 0.05) is 35.5 Å². The van der Waals surface area contributed by atoms with Gasteiger partial charge in [0.05, 0.1) is 0 Å². The lowest BCUT2D eigenvalue weighted by Crippen LogP contribution is -2.26. The van der Waals surface area contributed by atoms with Crippen LogP contribution in [0.5, 0.6) is 0 Å². The number of hydrogen-bond donors (Lipinski definition) is 0. The second-order valence-electron chi connectivity index (χ2n) is 2.56. The summed E-state index contributed by atoms with van der Waals surface area (Å²) in [5, 5.41) is 1.97. The number of halogens is 2. The van der Waals surface area contributed by atoms with Gasteiger partial charge in [0.1, 0.15) is 0 Å². The van der Waals surface area contributed by atoms with Crippen LogP contribution in [0.1, 0.15) is 0 Å². The lowest BCUT2D eigenvalue weighted by Gasteiger charge is -2.23. The summed E-state index contributed by atoms with van der Waals surface area (Å²) in [6.45, 7) is 2.03. The first-order chi connectivity index (χ1) is 6.38. The second-order valence-corrected chi connectivity index (χ2v) is 4.14. The van der Waals surface area contributed by atoms with Crippen LogP contribution in [-0.4, -0.2) is 28.6 Å². The van der Waals surface area contributed by atoms with Gasteiger partial charge in [-0.05, 0) is 12.2 Å². The molecule has 13 heavy (non-hydrogen) atoms. The highest BCUT2D eigenvalue weighted by Gasteiger charge is 2.04. The summed E-state index contributed by atoms with van der Waals surface area (Å²) in [5.74, 6) is 0. The van der Waals surface area contributed by atoms with E-state index in [1.165, 1.54) is 5.70 Å². The summed E-state index contributed by atoms with van der Waals surface area (Å²) in [4.78, 5) is 2.30. The summed E-state index contributed by atoms with van der Waals surface area (Å²) in [5.41, 5.74) is 7.06. The average Bonchev–Trinajstić information content (AvgIpc) is 2.19. The zero-order valence-corrected chi connectivity index (χ0v) is 10.4. The first kappa shape index (κ1) is 10.9. The lowest BCUT2D eigenvalue weighted by molar-refractivity contribution is 0.403. The van der Waals surface area contributed by atoms with Crippen LogP contribution >= 0.6 is 31.9 Å². The molecule has 0 unspecified atom stereocenters. The van der Waals surface area contributed by atoms with Crippen LogP contribution in [0.3, 0.4) is 0 Å². The Morgan fingerprint density at radius 1 is 1.15 bits per heavy atom. The molecule has 0 aromatic carbocycles. The number of allylic oxidation sites excluding steroid dienone is 3. The minimum absolute atomic E-state index is 0.985. The van der Waals surface area contributed by atoms with Gasteiger partial charge >= 0.3 is 0 Å². The Bertz CT molecular complexity index is 275. The van der Waals surface area contributed by atoms with Gasteiger partial charge in [0.15, 0.2) is 0 Å². The topological polar surface area (TPSA) is 3.24 Å². The van der Waals surface area contributed by atoms with Gasteiger partial charge in [-0.25, -0.2) is 0 Å². The van der Waals surface area contributed by atoms with Crippen molar-refractivity contribution in [3.8, 4) is 0 Å². The minimum atomic E-state index is 0.985. The summed E-state index contributed by atoms with van der Waals surface area (Å²) in [6, 6.07) is 0. The predicted octanol–water partition coefficient (Wildman–Crippen LogP) is 2.84. The summed E-state index contributed by atoms with van der Waals surface area (Å²) < 4.78 is 0. The van der Waals surface area contributed by atoms with Crippen LogP contribution in [0, 0.1) is 0 Å². The molecule has 1 aliphatic rings. The van der Waals surface area contributed by atoms with Crippen LogP contribution in [0.4, 0.5) is 0 Å². The molecule has 0 N–H and O–H groups in total. The van der Waals surface area contributed by atoms with Crippen LogP contribution < -0.4 is 0 Å². The molecule has 1 rings (SSSR count). The van der Waals surface area contributed by atoms with Crippen LogP contribution in [-0.2, 0) is 0 Å². The molecule has 0 bridgehead atoms. The molecule has 0 spiro atoms. The predicted molar refractivity (Wildman–Crippen MR) is 63.4 cm³/mol. The zero-order valence-electron chi connectivity index (χ0n) is 7.26. The summed E-state index contributed by atoms with van der Waals surface area (Å²) >= 11 is 6.88. The van der Waals surface area contributed by atoms with Crippen molar-refractivity contribution >= 4 is 31.9 Å². The standard InChI is InChI=1S/C10H11Br2N/c11-6-8-13(9-7-12)10-4-2-1-3-5-10/h2,4-5H,6-9H2. The third kappa shape index (κ3) is 3.58. The Morgan fingerprint density at radius 2 is 1.85 bits per heavy atom. The maximum Gasteiger partial charge on any atom is 0.0458 e. The quantitative estimate of drug-likeness (QED) is 0.558. The van der Waals surface area contributed by atoms with Gasteiger partial charge in [-0.3, -0.25) is 0 Å². The van der Waals surface area contributed by atoms with Crippen molar-refractivity contribution in [3.63, 3.8) is 0 Å². The Morgan fingerprint density at radius 3 is 2.31 bits per heavy atom. The zero-order chi connectivity index (χ0) is 9.52. The van der Waals surface area contributed by atoms with Crippen LogP contribution in [0.2, 0.25) is 0 Å². The Labute approximate surface area is 95.8 Å². The Kier molecular flexibility index (Phi) is 5.26. The molecule has 0 aliphatic heterocycles. The van der Waals surface area contributed by atoms with Crippen molar-refractivity contribution in [2.24, 2.45) is 0 Å². The highest BCUT2D eigenvalue weighted by Crippen LogP contribution is 2.09. The van der Waals surface area contributed by atoms with Crippen molar-refractivity contribution in [2.45, 2.75) is 0 Å². The normalized spacial score (nSPS) is 13.2. The smallest absolute Gasteiger partial charge is 0.0458 e. The maximum absolute atomic E-state index is 3.44. The minimum Gasteiger partial charge on any atom is -0.369 e. The molecule has 0 amide bonds. The molecule has 0 atom stereocenters. The van der Waals surface area contributed by atoms with Crippen LogP contribution in [0.15, 0.2) is 35.4 Å². The van der Waals surface area contributed by atoms with E-state index in [9.17, 15) is 0 Å². The number of alkyl halides is 2. The van der Waals surface area contributed by atoms with E-state index in [0.29, 0.717) is 0 Å². The fourth-order valence-electron chi connectivity index (χ4n) is 1.11. The van der Waals surface area contributed by atoms with Crippen molar-refractivity contribution in [1.82, 2.24) is 4.90 Å². The third-order valence-electron chi connectivity index (χ3n) is 1.71. The highest BCUT2D eigenvalue weighted by atomic mass is 79.9. The molecular formula is C10H11Br2N. The summed E-state index contributed by atoms with van der Waals surface area (Å²) in [6.07, 6.45) is 5.91. The first-order valence-electron chi connectivity index (χ1n) is 4.13. The van der Waals surface area contributed by atoms with E-state index in [1.54, 1.807) is 0 Å².